The Morgan fingerprint density at radius 1 is 1.07 bits per heavy atom. The highest BCUT2D eigenvalue weighted by Gasteiger charge is 2.15. The van der Waals surface area contributed by atoms with Crippen LogP contribution in [0.15, 0.2) is 53.5 Å². The molecule has 1 fully saturated rings. The lowest BCUT2D eigenvalue weighted by Gasteiger charge is -2.29. The van der Waals surface area contributed by atoms with E-state index < -0.39 is 0 Å². The van der Waals surface area contributed by atoms with Gasteiger partial charge in [-0.15, -0.1) is 24.0 Å². The number of nitrogens with one attached hydrogen (secondary N) is 2. The molecule has 2 aromatic rings. The molecule has 2 aromatic carbocycles. The number of halogens is 2. The Bertz CT molecular complexity index is 751. The van der Waals surface area contributed by atoms with Crippen LogP contribution in [0.5, 0.6) is 0 Å². The third kappa shape index (κ3) is 6.63. The molecule has 0 atom stereocenters. The lowest BCUT2D eigenvalue weighted by Crippen LogP contribution is -2.37. The van der Waals surface area contributed by atoms with Crippen molar-refractivity contribution in [3.05, 3.63) is 65.5 Å². The highest BCUT2D eigenvalue weighted by Crippen LogP contribution is 2.22. The third-order valence-corrected chi connectivity index (χ3v) is 4.43. The molecular weight excluding hydrogens is 470 g/mol. The maximum Gasteiger partial charge on any atom is 0.191 e. The van der Waals surface area contributed by atoms with E-state index in [2.05, 4.69) is 27.8 Å². The zero-order valence-electron chi connectivity index (χ0n) is 16.2. The first kappa shape index (κ1) is 22.4. The number of guanidine groups is 1. The monoisotopic (exact) mass is 498 g/mol. The first-order valence-electron chi connectivity index (χ1n) is 9.43. The lowest BCUT2D eigenvalue weighted by atomic mass is 10.1. The van der Waals surface area contributed by atoms with Gasteiger partial charge in [-0.05, 0) is 30.2 Å². The van der Waals surface area contributed by atoms with Gasteiger partial charge in [0, 0.05) is 26.2 Å². The quantitative estimate of drug-likeness (QED) is 0.364. The van der Waals surface area contributed by atoms with Gasteiger partial charge >= 0.3 is 0 Å². The Kier molecular flexibility index (Phi) is 9.49. The van der Waals surface area contributed by atoms with Crippen molar-refractivity contribution in [1.29, 1.82) is 0 Å². The Labute approximate surface area is 183 Å². The fraction of sp³-hybridized carbons (Fsp3) is 0.381. The summed E-state index contributed by atoms with van der Waals surface area (Å²) in [6.45, 7) is 6.64. The standard InChI is InChI=1S/C21H27FN4O.HI/c1-2-23-21(24-15-17-6-4-3-5-7-17)25-16-18-8-9-20(19(22)14-18)26-10-12-27-13-11-26;/h3-9,14H,2,10-13,15-16H2,1H3,(H2,23,24,25);1H. The van der Waals surface area contributed by atoms with Crippen molar-refractivity contribution in [2.75, 3.05) is 37.7 Å². The lowest BCUT2D eigenvalue weighted by molar-refractivity contribution is 0.122. The number of aliphatic imine (C=N–C) groups is 1. The molecule has 1 aliphatic heterocycles. The molecule has 3 rings (SSSR count). The maximum absolute atomic E-state index is 14.5. The molecule has 28 heavy (non-hydrogen) atoms. The highest BCUT2D eigenvalue weighted by atomic mass is 127. The minimum Gasteiger partial charge on any atom is -0.378 e. The number of hydrogen-bond acceptors (Lipinski definition) is 3. The highest BCUT2D eigenvalue weighted by molar-refractivity contribution is 14.0. The molecule has 0 bridgehead atoms. The topological polar surface area (TPSA) is 48.9 Å². The second-order valence-corrected chi connectivity index (χ2v) is 6.42. The molecule has 0 spiro atoms. The van der Waals surface area contributed by atoms with Gasteiger partial charge in [-0.1, -0.05) is 36.4 Å². The zero-order valence-corrected chi connectivity index (χ0v) is 18.5. The average molecular weight is 498 g/mol. The molecule has 1 aliphatic rings. The normalized spacial score (nSPS) is 14.4. The van der Waals surface area contributed by atoms with Gasteiger partial charge in [0.25, 0.3) is 0 Å². The molecule has 1 saturated heterocycles. The van der Waals surface area contributed by atoms with Crippen molar-refractivity contribution in [1.82, 2.24) is 10.6 Å². The predicted molar refractivity (Wildman–Crippen MR) is 123 cm³/mol. The Hall–Kier alpha value is -1.87. The van der Waals surface area contributed by atoms with Crippen LogP contribution in [0.2, 0.25) is 0 Å². The fourth-order valence-corrected chi connectivity index (χ4v) is 3.00. The zero-order chi connectivity index (χ0) is 18.9. The smallest absolute Gasteiger partial charge is 0.191 e. The Morgan fingerprint density at radius 2 is 1.82 bits per heavy atom. The van der Waals surface area contributed by atoms with Crippen LogP contribution in [0.1, 0.15) is 18.1 Å². The van der Waals surface area contributed by atoms with E-state index in [1.165, 1.54) is 5.56 Å². The molecule has 0 aliphatic carbocycles. The number of anilines is 1. The molecule has 152 valence electrons. The average Bonchev–Trinajstić information content (AvgIpc) is 2.71. The van der Waals surface area contributed by atoms with Gasteiger partial charge in [-0.25, -0.2) is 9.38 Å². The summed E-state index contributed by atoms with van der Waals surface area (Å²) in [4.78, 5) is 6.60. The first-order chi connectivity index (χ1) is 13.3. The van der Waals surface area contributed by atoms with Crippen molar-refractivity contribution in [2.24, 2.45) is 4.99 Å². The van der Waals surface area contributed by atoms with Gasteiger partial charge in [-0.2, -0.15) is 0 Å². The first-order valence-corrected chi connectivity index (χ1v) is 9.43. The minimum atomic E-state index is -0.202. The van der Waals surface area contributed by atoms with Gasteiger partial charge in [0.1, 0.15) is 5.82 Å². The van der Waals surface area contributed by atoms with E-state index >= 15 is 0 Å². The molecule has 1 heterocycles. The molecule has 0 unspecified atom stereocenters. The van der Waals surface area contributed by atoms with Crippen molar-refractivity contribution >= 4 is 35.6 Å². The van der Waals surface area contributed by atoms with Crippen molar-refractivity contribution < 1.29 is 9.13 Å². The summed E-state index contributed by atoms with van der Waals surface area (Å²) in [5.41, 5.74) is 2.67. The number of benzene rings is 2. The minimum absolute atomic E-state index is 0. The summed E-state index contributed by atoms with van der Waals surface area (Å²) in [5.74, 6) is 0.519. The number of morpholine rings is 1. The van der Waals surface area contributed by atoms with Gasteiger partial charge in [-0.3, -0.25) is 0 Å². The second kappa shape index (κ2) is 11.9. The summed E-state index contributed by atoms with van der Waals surface area (Å²) in [5, 5.41) is 6.53. The van der Waals surface area contributed by atoms with E-state index in [0.29, 0.717) is 32.0 Å². The predicted octanol–water partition coefficient (Wildman–Crippen LogP) is 3.54. The third-order valence-electron chi connectivity index (χ3n) is 4.43. The Balaban J connectivity index is 0.00000280. The molecular formula is C21H28FIN4O. The SMILES string of the molecule is CCNC(=NCc1ccc(N2CCOCC2)c(F)c1)NCc1ccccc1.I. The van der Waals surface area contributed by atoms with Crippen LogP contribution in [-0.2, 0) is 17.8 Å². The second-order valence-electron chi connectivity index (χ2n) is 6.42. The number of nitrogens with zero attached hydrogens (tertiary/aromatic N) is 2. The number of ether oxygens (including phenoxy) is 1. The summed E-state index contributed by atoms with van der Waals surface area (Å²) in [6, 6.07) is 15.5. The van der Waals surface area contributed by atoms with Gasteiger partial charge in [0.05, 0.1) is 25.4 Å². The van der Waals surface area contributed by atoms with Gasteiger partial charge in [0.15, 0.2) is 5.96 Å². The summed E-state index contributed by atoms with van der Waals surface area (Å²) >= 11 is 0. The van der Waals surface area contributed by atoms with Crippen LogP contribution in [0.4, 0.5) is 10.1 Å². The van der Waals surface area contributed by atoms with Crippen LogP contribution in [0.3, 0.4) is 0 Å². The van der Waals surface area contributed by atoms with E-state index in [9.17, 15) is 4.39 Å². The molecule has 0 radical (unpaired) electrons. The van der Waals surface area contributed by atoms with E-state index in [4.69, 9.17) is 4.74 Å². The Morgan fingerprint density at radius 3 is 2.50 bits per heavy atom. The summed E-state index contributed by atoms with van der Waals surface area (Å²) in [7, 11) is 0. The van der Waals surface area contributed by atoms with Crippen LogP contribution in [0, 0.1) is 5.82 Å². The molecule has 0 amide bonds. The molecule has 2 N–H and O–H groups in total. The largest absolute Gasteiger partial charge is 0.378 e. The van der Waals surface area contributed by atoms with Crippen LogP contribution in [0.25, 0.3) is 0 Å². The van der Waals surface area contributed by atoms with E-state index in [0.717, 1.165) is 31.2 Å². The van der Waals surface area contributed by atoms with Crippen molar-refractivity contribution in [3.63, 3.8) is 0 Å². The van der Waals surface area contributed by atoms with E-state index in [1.54, 1.807) is 6.07 Å². The van der Waals surface area contributed by atoms with E-state index in [-0.39, 0.29) is 29.8 Å². The van der Waals surface area contributed by atoms with Crippen LogP contribution in [-0.4, -0.2) is 38.8 Å². The number of rotatable bonds is 6. The molecule has 0 saturated carbocycles. The van der Waals surface area contributed by atoms with Crippen LogP contribution < -0.4 is 15.5 Å². The fourth-order valence-electron chi connectivity index (χ4n) is 3.00. The molecule has 7 heteroatoms. The van der Waals surface area contributed by atoms with Gasteiger partial charge < -0.3 is 20.3 Å². The number of hydrogen-bond donors (Lipinski definition) is 2. The summed E-state index contributed by atoms with van der Waals surface area (Å²) in [6.07, 6.45) is 0. The summed E-state index contributed by atoms with van der Waals surface area (Å²) < 4.78 is 19.8. The molecule has 0 aromatic heterocycles. The molecule has 5 nitrogen and oxygen atoms in total. The van der Waals surface area contributed by atoms with E-state index in [1.807, 2.05) is 42.2 Å². The van der Waals surface area contributed by atoms with Gasteiger partial charge in [0.2, 0.25) is 0 Å². The maximum atomic E-state index is 14.5. The van der Waals surface area contributed by atoms with Crippen LogP contribution >= 0.6 is 24.0 Å². The van der Waals surface area contributed by atoms with Crippen molar-refractivity contribution in [3.8, 4) is 0 Å². The van der Waals surface area contributed by atoms with Crippen molar-refractivity contribution in [2.45, 2.75) is 20.0 Å².